The van der Waals surface area contributed by atoms with Crippen molar-refractivity contribution >= 4 is 0 Å². The van der Waals surface area contributed by atoms with Crippen LogP contribution in [0.5, 0.6) is 0 Å². The molecule has 2 rings (SSSR count). The maximum Gasteiger partial charge on any atom is 0.0712 e. The standard InChI is InChI=1S/C11H22N2O/c1-10-2-5-13(9-10)6-3-11-8-12-4-7-14-11/h10-12H,2-9H2,1H3. The summed E-state index contributed by atoms with van der Waals surface area (Å²) >= 11 is 0. The number of morpholine rings is 1. The van der Waals surface area contributed by atoms with Gasteiger partial charge in [-0.05, 0) is 25.3 Å². The van der Waals surface area contributed by atoms with Gasteiger partial charge in [0.2, 0.25) is 0 Å². The molecule has 2 aliphatic heterocycles. The lowest BCUT2D eigenvalue weighted by Gasteiger charge is -2.25. The first-order valence-corrected chi connectivity index (χ1v) is 5.89. The van der Waals surface area contributed by atoms with Crippen molar-refractivity contribution in [3.63, 3.8) is 0 Å². The topological polar surface area (TPSA) is 24.5 Å². The van der Waals surface area contributed by atoms with E-state index < -0.39 is 0 Å². The lowest BCUT2D eigenvalue weighted by atomic mass is 10.2. The molecule has 0 bridgehead atoms. The first kappa shape index (κ1) is 10.4. The third-order valence-corrected chi connectivity index (χ3v) is 3.28. The molecule has 14 heavy (non-hydrogen) atoms. The minimum atomic E-state index is 0.458. The monoisotopic (exact) mass is 198 g/mol. The summed E-state index contributed by atoms with van der Waals surface area (Å²) in [7, 11) is 0. The second-order valence-corrected chi connectivity index (χ2v) is 4.68. The molecule has 0 aromatic carbocycles. The van der Waals surface area contributed by atoms with Gasteiger partial charge >= 0.3 is 0 Å². The summed E-state index contributed by atoms with van der Waals surface area (Å²) in [5, 5.41) is 3.38. The van der Waals surface area contributed by atoms with Gasteiger partial charge in [-0.3, -0.25) is 0 Å². The van der Waals surface area contributed by atoms with E-state index >= 15 is 0 Å². The molecule has 2 fully saturated rings. The van der Waals surface area contributed by atoms with E-state index in [2.05, 4.69) is 17.1 Å². The highest BCUT2D eigenvalue weighted by molar-refractivity contribution is 4.75. The number of hydrogen-bond donors (Lipinski definition) is 1. The molecule has 0 aromatic heterocycles. The fourth-order valence-corrected chi connectivity index (χ4v) is 2.36. The highest BCUT2D eigenvalue weighted by atomic mass is 16.5. The zero-order valence-corrected chi connectivity index (χ0v) is 9.17. The minimum Gasteiger partial charge on any atom is -0.376 e. The zero-order valence-electron chi connectivity index (χ0n) is 9.17. The molecule has 2 unspecified atom stereocenters. The van der Waals surface area contributed by atoms with Crippen LogP contribution < -0.4 is 5.32 Å². The molecular formula is C11H22N2O. The number of nitrogens with zero attached hydrogens (tertiary/aromatic N) is 1. The second kappa shape index (κ2) is 5.10. The van der Waals surface area contributed by atoms with Gasteiger partial charge < -0.3 is 15.0 Å². The molecule has 82 valence electrons. The van der Waals surface area contributed by atoms with E-state index in [1.807, 2.05) is 0 Å². The van der Waals surface area contributed by atoms with Gasteiger partial charge in [-0.2, -0.15) is 0 Å². The average Bonchev–Trinajstić information content (AvgIpc) is 2.63. The highest BCUT2D eigenvalue weighted by Gasteiger charge is 2.20. The van der Waals surface area contributed by atoms with E-state index in [1.54, 1.807) is 0 Å². The summed E-state index contributed by atoms with van der Waals surface area (Å²) in [6, 6.07) is 0. The van der Waals surface area contributed by atoms with Gasteiger partial charge in [0.05, 0.1) is 12.7 Å². The molecular weight excluding hydrogens is 176 g/mol. The lowest BCUT2D eigenvalue weighted by molar-refractivity contribution is 0.0185. The summed E-state index contributed by atoms with van der Waals surface area (Å²) < 4.78 is 5.68. The minimum absolute atomic E-state index is 0.458. The predicted molar refractivity (Wildman–Crippen MR) is 57.4 cm³/mol. The smallest absolute Gasteiger partial charge is 0.0712 e. The van der Waals surface area contributed by atoms with Gasteiger partial charge in [-0.1, -0.05) is 6.92 Å². The quantitative estimate of drug-likeness (QED) is 0.723. The van der Waals surface area contributed by atoms with E-state index in [0.29, 0.717) is 6.10 Å². The molecule has 1 N–H and O–H groups in total. The summed E-state index contributed by atoms with van der Waals surface area (Å²) in [6.07, 6.45) is 3.03. The zero-order chi connectivity index (χ0) is 9.80. The van der Waals surface area contributed by atoms with Gasteiger partial charge in [0.1, 0.15) is 0 Å². The van der Waals surface area contributed by atoms with Crippen LogP contribution in [0.4, 0.5) is 0 Å². The fourth-order valence-electron chi connectivity index (χ4n) is 2.36. The number of ether oxygens (including phenoxy) is 1. The van der Waals surface area contributed by atoms with Gasteiger partial charge in [0, 0.05) is 26.2 Å². The van der Waals surface area contributed by atoms with Crippen LogP contribution in [-0.2, 0) is 4.74 Å². The van der Waals surface area contributed by atoms with Gasteiger partial charge in [-0.25, -0.2) is 0 Å². The van der Waals surface area contributed by atoms with Crippen molar-refractivity contribution in [2.45, 2.75) is 25.9 Å². The third kappa shape index (κ3) is 2.94. The molecule has 3 heteroatoms. The Hall–Kier alpha value is -0.120. The van der Waals surface area contributed by atoms with Crippen molar-refractivity contribution in [3.05, 3.63) is 0 Å². The molecule has 0 aliphatic carbocycles. The van der Waals surface area contributed by atoms with Crippen LogP contribution in [0.1, 0.15) is 19.8 Å². The summed E-state index contributed by atoms with van der Waals surface area (Å²) in [4.78, 5) is 2.57. The molecule has 0 saturated carbocycles. The van der Waals surface area contributed by atoms with Gasteiger partial charge in [0.25, 0.3) is 0 Å². The molecule has 2 saturated heterocycles. The number of hydrogen-bond acceptors (Lipinski definition) is 3. The van der Waals surface area contributed by atoms with Crippen LogP contribution in [0.25, 0.3) is 0 Å². The second-order valence-electron chi connectivity index (χ2n) is 4.68. The molecule has 2 aliphatic rings. The van der Waals surface area contributed by atoms with Crippen LogP contribution in [0.15, 0.2) is 0 Å². The number of likely N-dealkylation sites (tertiary alicyclic amines) is 1. The van der Waals surface area contributed by atoms with Crippen LogP contribution in [-0.4, -0.2) is 50.3 Å². The van der Waals surface area contributed by atoms with Crippen molar-refractivity contribution in [3.8, 4) is 0 Å². The first-order chi connectivity index (χ1) is 6.84. The molecule has 0 aromatic rings. The Labute approximate surface area is 86.8 Å². The van der Waals surface area contributed by atoms with Crippen molar-refractivity contribution in [1.29, 1.82) is 0 Å². The van der Waals surface area contributed by atoms with E-state index in [9.17, 15) is 0 Å². The maximum atomic E-state index is 5.68. The van der Waals surface area contributed by atoms with E-state index in [1.165, 1.54) is 32.5 Å². The molecule has 0 amide bonds. The van der Waals surface area contributed by atoms with E-state index in [-0.39, 0.29) is 0 Å². The highest BCUT2D eigenvalue weighted by Crippen LogP contribution is 2.15. The fraction of sp³-hybridized carbons (Fsp3) is 1.00. The Kier molecular flexibility index (Phi) is 3.79. The van der Waals surface area contributed by atoms with Crippen LogP contribution in [0.3, 0.4) is 0 Å². The Morgan fingerprint density at radius 3 is 3.07 bits per heavy atom. The molecule has 2 atom stereocenters. The number of nitrogens with one attached hydrogen (secondary N) is 1. The number of rotatable bonds is 3. The van der Waals surface area contributed by atoms with Crippen molar-refractivity contribution in [2.24, 2.45) is 5.92 Å². The van der Waals surface area contributed by atoms with E-state index in [0.717, 1.165) is 25.6 Å². The van der Waals surface area contributed by atoms with E-state index in [4.69, 9.17) is 4.74 Å². The Morgan fingerprint density at radius 1 is 1.50 bits per heavy atom. The van der Waals surface area contributed by atoms with Crippen molar-refractivity contribution in [1.82, 2.24) is 10.2 Å². The lowest BCUT2D eigenvalue weighted by Crippen LogP contribution is -2.40. The normalized spacial score (nSPS) is 34.9. The molecule has 3 nitrogen and oxygen atoms in total. The van der Waals surface area contributed by atoms with Crippen LogP contribution >= 0.6 is 0 Å². The molecule has 0 radical (unpaired) electrons. The summed E-state index contributed by atoms with van der Waals surface area (Å²) in [6.45, 7) is 9.11. The van der Waals surface area contributed by atoms with Gasteiger partial charge in [-0.15, -0.1) is 0 Å². The molecule has 0 spiro atoms. The van der Waals surface area contributed by atoms with Crippen molar-refractivity contribution < 1.29 is 4.74 Å². The Balaban J connectivity index is 1.61. The molecule has 2 heterocycles. The van der Waals surface area contributed by atoms with Crippen molar-refractivity contribution in [2.75, 3.05) is 39.3 Å². The average molecular weight is 198 g/mol. The van der Waals surface area contributed by atoms with Crippen LogP contribution in [0, 0.1) is 5.92 Å². The first-order valence-electron chi connectivity index (χ1n) is 5.89. The SMILES string of the molecule is CC1CCN(CCC2CNCCO2)C1. The summed E-state index contributed by atoms with van der Waals surface area (Å²) in [5.74, 6) is 0.903. The maximum absolute atomic E-state index is 5.68. The van der Waals surface area contributed by atoms with Crippen LogP contribution in [0.2, 0.25) is 0 Å². The predicted octanol–water partition coefficient (Wildman–Crippen LogP) is 0.707. The summed E-state index contributed by atoms with van der Waals surface area (Å²) in [5.41, 5.74) is 0. The third-order valence-electron chi connectivity index (χ3n) is 3.28. The largest absolute Gasteiger partial charge is 0.376 e. The Bertz CT molecular complexity index is 164. The van der Waals surface area contributed by atoms with Gasteiger partial charge in [0.15, 0.2) is 0 Å². The Morgan fingerprint density at radius 2 is 2.43 bits per heavy atom.